The molecule has 0 spiro atoms. The highest BCUT2D eigenvalue weighted by Crippen LogP contribution is 2.39. The van der Waals surface area contributed by atoms with Gasteiger partial charge in [-0.25, -0.2) is 0 Å². The van der Waals surface area contributed by atoms with Gasteiger partial charge in [0.1, 0.15) is 0 Å². The molecule has 1 atom stereocenters. The molecule has 6 aromatic rings. The lowest BCUT2D eigenvalue weighted by atomic mass is 9.78. The zero-order valence-corrected chi connectivity index (χ0v) is 34.2. The number of hydrogen-bond acceptors (Lipinski definition) is 2. The Morgan fingerprint density at radius 3 is 2.02 bits per heavy atom. The lowest BCUT2D eigenvalue weighted by molar-refractivity contribution is 0.529. The Kier molecular flexibility index (Phi) is 12.0. The molecule has 2 aliphatic carbocycles. The molecule has 0 aromatic heterocycles. The monoisotopic (exact) mass is 764 g/mol. The Bertz CT molecular complexity index is 2540. The highest BCUT2D eigenvalue weighted by Gasteiger charge is 2.24. The third-order valence-corrected chi connectivity index (χ3v) is 11.5. The first-order valence-corrected chi connectivity index (χ1v) is 20.8. The zero-order chi connectivity index (χ0) is 40.4. The van der Waals surface area contributed by atoms with Crippen molar-refractivity contribution < 1.29 is 0 Å². The average molecular weight is 765 g/mol. The summed E-state index contributed by atoms with van der Waals surface area (Å²) in [7, 11) is 0. The molecule has 0 aliphatic heterocycles. The smallest absolute Gasteiger partial charge is 0.0533 e. The van der Waals surface area contributed by atoms with E-state index in [9.17, 15) is 0 Å². The molecule has 0 saturated carbocycles. The molecule has 0 amide bonds. The minimum Gasteiger partial charge on any atom is -0.317 e. The lowest BCUT2D eigenvalue weighted by Gasteiger charge is -2.29. The van der Waals surface area contributed by atoms with Gasteiger partial charge in [-0.15, -0.1) is 0 Å². The molecule has 2 aliphatic rings. The summed E-state index contributed by atoms with van der Waals surface area (Å²) in [5, 5.41) is 0. The van der Waals surface area contributed by atoms with E-state index in [1.165, 1.54) is 33.5 Å². The quantitative estimate of drug-likeness (QED) is 0.121. The molecular weight excluding hydrogens is 713 g/mol. The molecule has 6 aromatic carbocycles. The van der Waals surface area contributed by atoms with E-state index in [1.54, 1.807) is 6.08 Å². The van der Waals surface area contributed by atoms with Crippen molar-refractivity contribution in [3.63, 3.8) is 0 Å². The molecule has 1 unspecified atom stereocenters. The van der Waals surface area contributed by atoms with Crippen molar-refractivity contribution in [2.75, 3.05) is 9.80 Å². The summed E-state index contributed by atoms with van der Waals surface area (Å²) < 4.78 is 0. The Balaban J connectivity index is 1.07. The number of allylic oxidation sites excluding steroid dienone is 11. The minimum atomic E-state index is 0.0143. The van der Waals surface area contributed by atoms with Crippen molar-refractivity contribution in [2.45, 2.75) is 44.4 Å². The molecule has 8 rings (SSSR count). The van der Waals surface area contributed by atoms with Crippen LogP contribution in [0.4, 0.5) is 22.7 Å². The van der Waals surface area contributed by atoms with E-state index in [0.29, 0.717) is 5.92 Å². The van der Waals surface area contributed by atoms with Gasteiger partial charge in [-0.05, 0) is 113 Å². The van der Waals surface area contributed by atoms with Crippen molar-refractivity contribution in [2.24, 2.45) is 0 Å². The molecule has 0 fully saturated rings. The maximum Gasteiger partial charge on any atom is 0.0533 e. The van der Waals surface area contributed by atoms with Crippen LogP contribution in [0.15, 0.2) is 237 Å². The molecule has 2 heteroatoms. The molecule has 0 saturated heterocycles. The van der Waals surface area contributed by atoms with E-state index in [-0.39, 0.29) is 5.41 Å². The standard InChI is InChI=1S/C57H52N2/c1-4-5-6-17-43-58(50-37-33-46(34-38-50)44-19-9-7-10-20-44)56-28-16-14-26-54(56)48-31-29-45(30-32-48)47-35-39-53(40-36-47)59(51-23-11-8-12-24-51)52-25-18-22-49-21-13-15-27-55(49)57(2,3)42-41-52/h4-19,21,23-41,43-44H,1,20,22,42H2,2-3H3/b6-5-,25-18?,43-17+,52-41?. The molecule has 0 bridgehead atoms. The largest absolute Gasteiger partial charge is 0.317 e. The molecule has 0 radical (unpaired) electrons. The average Bonchev–Trinajstić information content (AvgIpc) is 3.35. The van der Waals surface area contributed by atoms with Gasteiger partial charge in [0, 0.05) is 40.4 Å². The summed E-state index contributed by atoms with van der Waals surface area (Å²) in [6.07, 6.45) is 28.7. The van der Waals surface area contributed by atoms with E-state index in [0.717, 1.165) is 53.1 Å². The molecule has 0 heterocycles. The highest BCUT2D eigenvalue weighted by molar-refractivity contribution is 5.85. The Morgan fingerprint density at radius 1 is 0.610 bits per heavy atom. The van der Waals surface area contributed by atoms with Gasteiger partial charge in [-0.2, -0.15) is 0 Å². The number of para-hydroxylation sites is 2. The SMILES string of the molecule is C=C/C=C\C=C\N(c1ccc(C2C=CC=CC2)cc1)c1ccccc1-c1ccc(-c2ccc(N(C3=CCC(C)(C)c4ccccc4CC=C3)c3ccccc3)cc2)cc1. The Hall–Kier alpha value is -6.90. The zero-order valence-electron chi connectivity index (χ0n) is 34.2. The van der Waals surface area contributed by atoms with Gasteiger partial charge in [0.05, 0.1) is 5.69 Å². The van der Waals surface area contributed by atoms with E-state index < -0.39 is 0 Å². The van der Waals surface area contributed by atoms with E-state index in [1.807, 2.05) is 12.2 Å². The third-order valence-electron chi connectivity index (χ3n) is 11.5. The fourth-order valence-electron chi connectivity index (χ4n) is 8.26. The molecule has 2 nitrogen and oxygen atoms in total. The number of anilines is 4. The van der Waals surface area contributed by atoms with Crippen LogP contribution in [0.1, 0.15) is 49.3 Å². The van der Waals surface area contributed by atoms with Crippen molar-refractivity contribution in [3.05, 3.63) is 254 Å². The second-order valence-electron chi connectivity index (χ2n) is 15.9. The van der Waals surface area contributed by atoms with Crippen molar-refractivity contribution in [1.29, 1.82) is 0 Å². The predicted octanol–water partition coefficient (Wildman–Crippen LogP) is 15.5. The maximum atomic E-state index is 3.84. The van der Waals surface area contributed by atoms with Gasteiger partial charge < -0.3 is 9.80 Å². The predicted molar refractivity (Wildman–Crippen MR) is 254 cm³/mol. The van der Waals surface area contributed by atoms with E-state index >= 15 is 0 Å². The van der Waals surface area contributed by atoms with Crippen molar-refractivity contribution >= 4 is 22.7 Å². The first kappa shape index (κ1) is 38.9. The first-order valence-electron chi connectivity index (χ1n) is 20.8. The van der Waals surface area contributed by atoms with E-state index in [4.69, 9.17) is 0 Å². The van der Waals surface area contributed by atoms with Crippen LogP contribution in [0.3, 0.4) is 0 Å². The Labute approximate surface area is 351 Å². The molecule has 290 valence electrons. The lowest BCUT2D eigenvalue weighted by Crippen LogP contribution is -2.20. The number of fused-ring (bicyclic) bond motifs is 1. The summed E-state index contributed by atoms with van der Waals surface area (Å²) in [6.45, 7) is 8.56. The van der Waals surface area contributed by atoms with E-state index in [2.05, 4.69) is 237 Å². The first-order chi connectivity index (χ1) is 29.0. The van der Waals surface area contributed by atoms with Crippen LogP contribution in [0.25, 0.3) is 22.3 Å². The summed E-state index contributed by atoms with van der Waals surface area (Å²) in [6, 6.07) is 55.2. The molecule has 0 N–H and O–H groups in total. The number of rotatable bonds is 11. The topological polar surface area (TPSA) is 6.48 Å². The summed E-state index contributed by atoms with van der Waals surface area (Å²) in [4.78, 5) is 4.66. The van der Waals surface area contributed by atoms with Crippen LogP contribution in [-0.2, 0) is 11.8 Å². The normalized spacial score (nSPS) is 15.9. The second kappa shape index (κ2) is 18.1. The van der Waals surface area contributed by atoms with Gasteiger partial charge >= 0.3 is 0 Å². The fraction of sp³-hybridized carbons (Fsp3) is 0.123. The van der Waals surface area contributed by atoms with Crippen LogP contribution >= 0.6 is 0 Å². The number of nitrogens with zero attached hydrogens (tertiary/aromatic N) is 2. The highest BCUT2D eigenvalue weighted by atomic mass is 15.1. The van der Waals surface area contributed by atoms with Gasteiger partial charge in [-0.1, -0.05) is 184 Å². The van der Waals surface area contributed by atoms with Crippen LogP contribution in [-0.4, -0.2) is 0 Å². The number of benzene rings is 6. The minimum absolute atomic E-state index is 0.0143. The molecule has 59 heavy (non-hydrogen) atoms. The summed E-state index contributed by atoms with van der Waals surface area (Å²) >= 11 is 0. The summed E-state index contributed by atoms with van der Waals surface area (Å²) in [5.74, 6) is 0.412. The van der Waals surface area contributed by atoms with Crippen molar-refractivity contribution in [3.8, 4) is 22.3 Å². The van der Waals surface area contributed by atoms with Gasteiger partial charge in [0.25, 0.3) is 0 Å². The summed E-state index contributed by atoms with van der Waals surface area (Å²) in [5.41, 5.74) is 14.5. The Morgan fingerprint density at radius 2 is 1.27 bits per heavy atom. The second-order valence-corrected chi connectivity index (χ2v) is 15.9. The van der Waals surface area contributed by atoms with Gasteiger partial charge in [0.2, 0.25) is 0 Å². The van der Waals surface area contributed by atoms with Crippen LogP contribution < -0.4 is 9.80 Å². The third kappa shape index (κ3) is 8.98. The fourth-order valence-corrected chi connectivity index (χ4v) is 8.26. The van der Waals surface area contributed by atoms with Gasteiger partial charge in [0.15, 0.2) is 0 Å². The van der Waals surface area contributed by atoms with Crippen LogP contribution in [0.5, 0.6) is 0 Å². The van der Waals surface area contributed by atoms with Crippen molar-refractivity contribution in [1.82, 2.24) is 0 Å². The molecular formula is C57H52N2. The number of hydrogen-bond donors (Lipinski definition) is 0. The van der Waals surface area contributed by atoms with Gasteiger partial charge in [-0.3, -0.25) is 0 Å². The van der Waals surface area contributed by atoms with Crippen LogP contribution in [0, 0.1) is 0 Å². The maximum absolute atomic E-state index is 3.84. The van der Waals surface area contributed by atoms with Crippen LogP contribution in [0.2, 0.25) is 0 Å².